The van der Waals surface area contributed by atoms with Crippen molar-refractivity contribution in [2.75, 3.05) is 29.6 Å². The Morgan fingerprint density at radius 1 is 1.22 bits per heavy atom. The monoisotopic (exact) mass is 311 g/mol. The highest BCUT2D eigenvalue weighted by Gasteiger charge is 2.19. The highest BCUT2D eigenvalue weighted by Crippen LogP contribution is 2.29. The smallest absolute Gasteiger partial charge is 0.257 e. The number of rotatable bonds is 3. The molecule has 3 N–H and O–H groups in total. The summed E-state index contributed by atoms with van der Waals surface area (Å²) in [6, 6.07) is 12.4. The number of para-hydroxylation sites is 1. The quantitative estimate of drug-likeness (QED) is 0.814. The number of benzene rings is 2. The molecule has 0 aromatic heterocycles. The van der Waals surface area contributed by atoms with Gasteiger partial charge in [0.1, 0.15) is 5.75 Å². The van der Waals surface area contributed by atoms with Crippen molar-refractivity contribution >= 4 is 28.9 Å². The molecule has 2 aromatic rings. The van der Waals surface area contributed by atoms with E-state index < -0.39 is 0 Å². The molecule has 23 heavy (non-hydrogen) atoms. The van der Waals surface area contributed by atoms with Gasteiger partial charge in [0.05, 0.1) is 24.0 Å². The first-order chi connectivity index (χ1) is 11.2. The molecule has 3 rings (SSSR count). The molecule has 0 bridgehead atoms. The Kier molecular flexibility index (Phi) is 4.14. The molecule has 0 radical (unpaired) electrons. The molecule has 0 fully saturated rings. The van der Waals surface area contributed by atoms with Crippen LogP contribution in [0.1, 0.15) is 16.8 Å². The summed E-state index contributed by atoms with van der Waals surface area (Å²) >= 11 is 0. The third-order valence-electron chi connectivity index (χ3n) is 3.56. The van der Waals surface area contributed by atoms with Crippen LogP contribution in [0.2, 0.25) is 0 Å². The lowest BCUT2D eigenvalue weighted by molar-refractivity contribution is -0.115. The number of ether oxygens (including phenoxy) is 1. The van der Waals surface area contributed by atoms with E-state index in [2.05, 4.69) is 16.0 Å². The summed E-state index contributed by atoms with van der Waals surface area (Å²) in [5, 5.41) is 8.79. The SMILES string of the molecule is COc1cccc(NC(=O)c2cccc3c2NCCC(=O)N3)c1. The maximum absolute atomic E-state index is 12.6. The highest BCUT2D eigenvalue weighted by molar-refractivity contribution is 6.11. The number of carbonyl (C=O) groups excluding carboxylic acids is 2. The molecule has 0 atom stereocenters. The minimum absolute atomic E-state index is 0.0680. The van der Waals surface area contributed by atoms with Crippen molar-refractivity contribution in [3.63, 3.8) is 0 Å². The molecule has 118 valence electrons. The normalized spacial score (nSPS) is 13.2. The van der Waals surface area contributed by atoms with E-state index in [9.17, 15) is 9.59 Å². The van der Waals surface area contributed by atoms with Gasteiger partial charge in [-0.3, -0.25) is 9.59 Å². The average Bonchev–Trinajstić information content (AvgIpc) is 2.75. The van der Waals surface area contributed by atoms with Crippen LogP contribution in [0.3, 0.4) is 0 Å². The molecule has 0 saturated carbocycles. The van der Waals surface area contributed by atoms with Crippen molar-refractivity contribution in [3.8, 4) is 5.75 Å². The molecule has 0 saturated heterocycles. The van der Waals surface area contributed by atoms with Crippen LogP contribution in [0.5, 0.6) is 5.75 Å². The van der Waals surface area contributed by atoms with Gasteiger partial charge in [-0.1, -0.05) is 12.1 Å². The zero-order chi connectivity index (χ0) is 16.2. The fraction of sp³-hybridized carbons (Fsp3) is 0.176. The van der Waals surface area contributed by atoms with Crippen molar-refractivity contribution in [1.82, 2.24) is 0 Å². The molecule has 2 aromatic carbocycles. The molecular formula is C17H17N3O3. The van der Waals surface area contributed by atoms with Crippen LogP contribution in [-0.4, -0.2) is 25.5 Å². The zero-order valence-corrected chi connectivity index (χ0v) is 12.7. The first-order valence-corrected chi connectivity index (χ1v) is 7.29. The Bertz CT molecular complexity index is 758. The average molecular weight is 311 g/mol. The van der Waals surface area contributed by atoms with Gasteiger partial charge in [-0.2, -0.15) is 0 Å². The Morgan fingerprint density at radius 2 is 2.04 bits per heavy atom. The van der Waals surface area contributed by atoms with Gasteiger partial charge < -0.3 is 20.7 Å². The Hall–Kier alpha value is -3.02. The Balaban J connectivity index is 1.88. The van der Waals surface area contributed by atoms with E-state index in [1.165, 1.54) is 0 Å². The largest absolute Gasteiger partial charge is 0.497 e. The van der Waals surface area contributed by atoms with Crippen LogP contribution in [0.15, 0.2) is 42.5 Å². The van der Waals surface area contributed by atoms with Crippen LogP contribution in [0.4, 0.5) is 17.1 Å². The van der Waals surface area contributed by atoms with E-state index in [4.69, 9.17) is 4.74 Å². The lowest BCUT2D eigenvalue weighted by Gasteiger charge is -2.14. The van der Waals surface area contributed by atoms with Gasteiger partial charge in [-0.25, -0.2) is 0 Å². The van der Waals surface area contributed by atoms with Crippen molar-refractivity contribution in [2.24, 2.45) is 0 Å². The third kappa shape index (κ3) is 3.26. The van der Waals surface area contributed by atoms with Crippen molar-refractivity contribution in [3.05, 3.63) is 48.0 Å². The second-order valence-electron chi connectivity index (χ2n) is 5.14. The molecule has 6 nitrogen and oxygen atoms in total. The number of hydrogen-bond donors (Lipinski definition) is 3. The Labute approximate surface area is 133 Å². The predicted molar refractivity (Wildman–Crippen MR) is 89.1 cm³/mol. The van der Waals surface area contributed by atoms with Crippen molar-refractivity contribution in [1.29, 1.82) is 0 Å². The highest BCUT2D eigenvalue weighted by atomic mass is 16.5. The van der Waals surface area contributed by atoms with Gasteiger partial charge >= 0.3 is 0 Å². The maximum atomic E-state index is 12.6. The summed E-state index contributed by atoms with van der Waals surface area (Å²) < 4.78 is 5.15. The van der Waals surface area contributed by atoms with Crippen LogP contribution in [0.25, 0.3) is 0 Å². The number of amides is 2. The van der Waals surface area contributed by atoms with Gasteiger partial charge in [0, 0.05) is 24.7 Å². The summed E-state index contributed by atoms with van der Waals surface area (Å²) in [4.78, 5) is 24.2. The van der Waals surface area contributed by atoms with E-state index in [0.717, 1.165) is 0 Å². The van der Waals surface area contributed by atoms with Gasteiger partial charge in [0.15, 0.2) is 0 Å². The lowest BCUT2D eigenvalue weighted by Crippen LogP contribution is -2.15. The standard InChI is InChI=1S/C17H17N3O3/c1-23-12-5-2-4-11(10-12)19-17(22)13-6-3-7-14-16(13)18-9-8-15(21)20-14/h2-7,10,18H,8-9H2,1H3,(H,19,22)(H,20,21). The van der Waals surface area contributed by atoms with E-state index in [1.54, 1.807) is 49.6 Å². The summed E-state index contributed by atoms with van der Waals surface area (Å²) in [6.45, 7) is 0.488. The molecule has 1 aliphatic heterocycles. The first kappa shape index (κ1) is 14.9. The number of fused-ring (bicyclic) bond motifs is 1. The number of anilines is 3. The number of hydrogen-bond acceptors (Lipinski definition) is 4. The summed E-state index contributed by atoms with van der Waals surface area (Å²) in [5.41, 5.74) is 2.38. The summed E-state index contributed by atoms with van der Waals surface area (Å²) in [5.74, 6) is 0.348. The van der Waals surface area contributed by atoms with Gasteiger partial charge in [0.25, 0.3) is 5.91 Å². The van der Waals surface area contributed by atoms with E-state index in [1.807, 2.05) is 0 Å². The fourth-order valence-corrected chi connectivity index (χ4v) is 2.45. The Morgan fingerprint density at radius 3 is 2.87 bits per heavy atom. The van der Waals surface area contributed by atoms with Crippen LogP contribution < -0.4 is 20.7 Å². The van der Waals surface area contributed by atoms with Gasteiger partial charge in [-0.15, -0.1) is 0 Å². The summed E-state index contributed by atoms with van der Waals surface area (Å²) in [6.07, 6.45) is 0.367. The second-order valence-corrected chi connectivity index (χ2v) is 5.14. The fourth-order valence-electron chi connectivity index (χ4n) is 2.45. The maximum Gasteiger partial charge on any atom is 0.257 e. The predicted octanol–water partition coefficient (Wildman–Crippen LogP) is 2.70. The minimum atomic E-state index is -0.251. The molecular weight excluding hydrogens is 294 g/mol. The number of carbonyl (C=O) groups is 2. The molecule has 0 spiro atoms. The molecule has 1 heterocycles. The van der Waals surface area contributed by atoms with E-state index in [0.29, 0.717) is 41.3 Å². The number of nitrogens with one attached hydrogen (secondary N) is 3. The van der Waals surface area contributed by atoms with E-state index in [-0.39, 0.29) is 11.8 Å². The summed E-state index contributed by atoms with van der Waals surface area (Å²) in [7, 11) is 1.57. The molecule has 2 amide bonds. The van der Waals surface area contributed by atoms with E-state index >= 15 is 0 Å². The molecule has 1 aliphatic rings. The first-order valence-electron chi connectivity index (χ1n) is 7.29. The van der Waals surface area contributed by atoms with Crippen molar-refractivity contribution in [2.45, 2.75) is 6.42 Å². The molecule has 6 heteroatoms. The van der Waals surface area contributed by atoms with Crippen LogP contribution in [0, 0.1) is 0 Å². The third-order valence-corrected chi connectivity index (χ3v) is 3.56. The van der Waals surface area contributed by atoms with Gasteiger partial charge in [0.2, 0.25) is 5.91 Å². The molecule has 0 unspecified atom stereocenters. The zero-order valence-electron chi connectivity index (χ0n) is 12.7. The lowest BCUT2D eigenvalue weighted by atomic mass is 10.1. The van der Waals surface area contributed by atoms with Crippen molar-refractivity contribution < 1.29 is 14.3 Å². The minimum Gasteiger partial charge on any atom is -0.497 e. The van der Waals surface area contributed by atoms with Crippen LogP contribution >= 0.6 is 0 Å². The molecule has 0 aliphatic carbocycles. The second kappa shape index (κ2) is 6.39. The topological polar surface area (TPSA) is 79.5 Å². The van der Waals surface area contributed by atoms with Crippen LogP contribution in [-0.2, 0) is 4.79 Å². The number of methoxy groups -OCH3 is 1. The van der Waals surface area contributed by atoms with Gasteiger partial charge in [-0.05, 0) is 24.3 Å².